The maximum atomic E-state index is 12.0. The summed E-state index contributed by atoms with van der Waals surface area (Å²) in [4.78, 5) is 21.0. The Morgan fingerprint density at radius 1 is 1.33 bits per heavy atom. The number of rotatable bonds is 8. The Morgan fingerprint density at radius 3 is 2.67 bits per heavy atom. The van der Waals surface area contributed by atoms with Gasteiger partial charge in [0.05, 0.1) is 17.9 Å². The van der Waals surface area contributed by atoms with Gasteiger partial charge in [0.1, 0.15) is 6.10 Å². The van der Waals surface area contributed by atoms with Gasteiger partial charge in [0.25, 0.3) is 0 Å². The first-order valence-electron chi connectivity index (χ1n) is 7.86. The van der Waals surface area contributed by atoms with Crippen LogP contribution in [0.5, 0.6) is 0 Å². The fourth-order valence-corrected chi connectivity index (χ4v) is 2.35. The Balaban J connectivity index is 2.28. The van der Waals surface area contributed by atoms with Crippen molar-refractivity contribution in [3.63, 3.8) is 0 Å². The van der Waals surface area contributed by atoms with Gasteiger partial charge in [-0.05, 0) is 33.1 Å². The molecule has 1 fully saturated rings. The van der Waals surface area contributed by atoms with Crippen LogP contribution in [0, 0.1) is 0 Å². The number of carbonyl (C=O) groups excluding carboxylic acids is 1. The molecule has 0 bridgehead atoms. The molecule has 0 aromatic carbocycles. The minimum Gasteiger partial charge on any atom is -0.462 e. The van der Waals surface area contributed by atoms with Gasteiger partial charge in [0, 0.05) is 18.7 Å². The summed E-state index contributed by atoms with van der Waals surface area (Å²) >= 11 is 0. The summed E-state index contributed by atoms with van der Waals surface area (Å²) < 4.78 is 10.8. The average molecular weight is 292 g/mol. The van der Waals surface area contributed by atoms with Gasteiger partial charge in [-0.25, -0.2) is 14.8 Å². The molecule has 1 saturated carbocycles. The molecule has 1 aromatic heterocycles. The molecule has 2 rings (SSSR count). The van der Waals surface area contributed by atoms with Crippen molar-refractivity contribution in [3.05, 3.63) is 23.3 Å². The molecule has 5 nitrogen and oxygen atoms in total. The van der Waals surface area contributed by atoms with Crippen LogP contribution in [0.2, 0.25) is 0 Å². The molecule has 0 aliphatic heterocycles. The Labute approximate surface area is 126 Å². The topological polar surface area (TPSA) is 61.3 Å². The highest BCUT2D eigenvalue weighted by Gasteiger charge is 2.31. The van der Waals surface area contributed by atoms with Crippen LogP contribution in [-0.4, -0.2) is 29.2 Å². The minimum absolute atomic E-state index is 0.0891. The normalized spacial score (nSPS) is 15.8. The van der Waals surface area contributed by atoms with Crippen LogP contribution >= 0.6 is 0 Å². The highest BCUT2D eigenvalue weighted by Crippen LogP contribution is 2.41. The monoisotopic (exact) mass is 292 g/mol. The van der Waals surface area contributed by atoms with Gasteiger partial charge in [-0.2, -0.15) is 0 Å². The van der Waals surface area contributed by atoms with Crippen molar-refractivity contribution in [1.29, 1.82) is 0 Å². The van der Waals surface area contributed by atoms with Gasteiger partial charge in [0.2, 0.25) is 0 Å². The van der Waals surface area contributed by atoms with E-state index in [1.54, 1.807) is 13.1 Å². The predicted molar refractivity (Wildman–Crippen MR) is 79.2 cm³/mol. The second-order valence-electron chi connectivity index (χ2n) is 5.25. The Bertz CT molecular complexity index is 480. The molecule has 1 aliphatic carbocycles. The molecular formula is C16H24N2O3. The first-order valence-corrected chi connectivity index (χ1v) is 7.86. The highest BCUT2D eigenvalue weighted by molar-refractivity contribution is 5.90. The van der Waals surface area contributed by atoms with Gasteiger partial charge < -0.3 is 9.47 Å². The third-order valence-corrected chi connectivity index (χ3v) is 3.50. The molecule has 1 atom stereocenters. The lowest BCUT2D eigenvalue weighted by Gasteiger charge is -2.16. The van der Waals surface area contributed by atoms with E-state index in [-0.39, 0.29) is 12.1 Å². The first kappa shape index (κ1) is 15.9. The second kappa shape index (κ2) is 7.50. The van der Waals surface area contributed by atoms with Crippen molar-refractivity contribution in [3.8, 4) is 0 Å². The van der Waals surface area contributed by atoms with Crippen LogP contribution in [-0.2, 0) is 9.47 Å². The minimum atomic E-state index is -0.325. The van der Waals surface area contributed by atoms with E-state index in [0.29, 0.717) is 30.5 Å². The molecular weight excluding hydrogens is 268 g/mol. The van der Waals surface area contributed by atoms with Gasteiger partial charge in [-0.3, -0.25) is 0 Å². The molecule has 1 unspecified atom stereocenters. The van der Waals surface area contributed by atoms with Crippen molar-refractivity contribution in [2.24, 2.45) is 0 Å². The smallest absolute Gasteiger partial charge is 0.341 e. The summed E-state index contributed by atoms with van der Waals surface area (Å²) in [6, 6.07) is 0. The fourth-order valence-electron chi connectivity index (χ4n) is 2.35. The molecule has 0 amide bonds. The molecule has 0 radical (unpaired) electrons. The van der Waals surface area contributed by atoms with Gasteiger partial charge in [0.15, 0.2) is 5.82 Å². The van der Waals surface area contributed by atoms with E-state index >= 15 is 0 Å². The molecule has 1 aromatic rings. The standard InChI is InChI=1S/C16H24N2O3/c1-4-7-13(20-5-2)15-17-10-12(16(19)21-6-3)14(18-15)11-8-9-11/h10-11,13H,4-9H2,1-3H3. The van der Waals surface area contributed by atoms with Crippen LogP contribution in [0.15, 0.2) is 6.20 Å². The highest BCUT2D eigenvalue weighted by atomic mass is 16.5. The number of ether oxygens (including phenoxy) is 2. The number of esters is 1. The summed E-state index contributed by atoms with van der Waals surface area (Å²) in [5.74, 6) is 0.734. The molecule has 0 saturated heterocycles. The number of aromatic nitrogens is 2. The van der Waals surface area contributed by atoms with E-state index in [1.165, 1.54) is 0 Å². The zero-order valence-electron chi connectivity index (χ0n) is 13.1. The number of hydrogen-bond acceptors (Lipinski definition) is 5. The quantitative estimate of drug-likeness (QED) is 0.687. The van der Waals surface area contributed by atoms with Crippen molar-refractivity contribution in [1.82, 2.24) is 9.97 Å². The predicted octanol–water partition coefficient (Wildman–Crippen LogP) is 3.41. The van der Waals surface area contributed by atoms with Gasteiger partial charge >= 0.3 is 5.97 Å². The Morgan fingerprint density at radius 2 is 2.10 bits per heavy atom. The maximum Gasteiger partial charge on any atom is 0.341 e. The Kier molecular flexibility index (Phi) is 5.67. The van der Waals surface area contributed by atoms with Crippen molar-refractivity contribution >= 4 is 5.97 Å². The van der Waals surface area contributed by atoms with E-state index in [9.17, 15) is 4.79 Å². The van der Waals surface area contributed by atoms with E-state index in [4.69, 9.17) is 9.47 Å². The Hall–Kier alpha value is -1.49. The second-order valence-corrected chi connectivity index (χ2v) is 5.25. The van der Waals surface area contributed by atoms with Crippen molar-refractivity contribution < 1.29 is 14.3 Å². The van der Waals surface area contributed by atoms with E-state index in [1.807, 2.05) is 6.92 Å². The first-order chi connectivity index (χ1) is 10.2. The summed E-state index contributed by atoms with van der Waals surface area (Å²) in [7, 11) is 0. The molecule has 1 heterocycles. The zero-order valence-corrected chi connectivity index (χ0v) is 13.1. The van der Waals surface area contributed by atoms with Crippen LogP contribution < -0.4 is 0 Å². The summed E-state index contributed by atoms with van der Waals surface area (Å²) in [5.41, 5.74) is 1.34. The van der Waals surface area contributed by atoms with Crippen LogP contribution in [0.1, 0.15) is 80.4 Å². The van der Waals surface area contributed by atoms with E-state index in [2.05, 4.69) is 16.9 Å². The van der Waals surface area contributed by atoms with Crippen LogP contribution in [0.3, 0.4) is 0 Å². The number of nitrogens with zero attached hydrogens (tertiary/aromatic N) is 2. The van der Waals surface area contributed by atoms with Crippen LogP contribution in [0.4, 0.5) is 0 Å². The summed E-state index contributed by atoms with van der Waals surface area (Å²) in [6.45, 7) is 6.88. The zero-order chi connectivity index (χ0) is 15.2. The average Bonchev–Trinajstić information content (AvgIpc) is 3.31. The maximum absolute atomic E-state index is 12.0. The summed E-state index contributed by atoms with van der Waals surface area (Å²) in [5, 5.41) is 0. The van der Waals surface area contributed by atoms with Crippen molar-refractivity contribution in [2.45, 2.75) is 58.5 Å². The molecule has 1 aliphatic rings. The number of hydrogen-bond donors (Lipinski definition) is 0. The van der Waals surface area contributed by atoms with Gasteiger partial charge in [-0.1, -0.05) is 13.3 Å². The number of carbonyl (C=O) groups is 1. The molecule has 116 valence electrons. The SMILES string of the molecule is CCCC(OCC)c1ncc(C(=O)OCC)c(C2CC2)n1. The fraction of sp³-hybridized carbons (Fsp3) is 0.688. The van der Waals surface area contributed by atoms with Crippen LogP contribution in [0.25, 0.3) is 0 Å². The summed E-state index contributed by atoms with van der Waals surface area (Å²) in [6.07, 6.45) is 5.57. The molecule has 5 heteroatoms. The van der Waals surface area contributed by atoms with E-state index < -0.39 is 0 Å². The lowest BCUT2D eigenvalue weighted by atomic mass is 10.1. The lowest BCUT2D eigenvalue weighted by Crippen LogP contribution is -2.15. The van der Waals surface area contributed by atoms with E-state index in [0.717, 1.165) is 31.4 Å². The van der Waals surface area contributed by atoms with Crippen molar-refractivity contribution in [2.75, 3.05) is 13.2 Å². The molecule has 21 heavy (non-hydrogen) atoms. The largest absolute Gasteiger partial charge is 0.462 e. The third kappa shape index (κ3) is 4.00. The molecule has 0 spiro atoms. The lowest BCUT2D eigenvalue weighted by molar-refractivity contribution is 0.0479. The van der Waals surface area contributed by atoms with Gasteiger partial charge in [-0.15, -0.1) is 0 Å². The molecule has 0 N–H and O–H groups in total. The third-order valence-electron chi connectivity index (χ3n) is 3.50.